The van der Waals surface area contributed by atoms with Gasteiger partial charge >= 0.3 is 5.97 Å². The van der Waals surface area contributed by atoms with Gasteiger partial charge in [0, 0.05) is 30.7 Å². The number of anilines is 1. The molecule has 2 N–H and O–H groups in total. The van der Waals surface area contributed by atoms with Crippen LogP contribution in [0, 0.1) is 0 Å². The van der Waals surface area contributed by atoms with Crippen LogP contribution in [0.5, 0.6) is 0 Å². The van der Waals surface area contributed by atoms with Crippen molar-refractivity contribution in [3.05, 3.63) is 41.6 Å². The number of aromatic carboxylic acids is 1. The number of fused-ring (bicyclic) bond motifs is 1. The van der Waals surface area contributed by atoms with E-state index in [-0.39, 0.29) is 11.6 Å². The second-order valence-corrected chi connectivity index (χ2v) is 5.45. The Kier molecular flexibility index (Phi) is 3.60. The second-order valence-electron chi connectivity index (χ2n) is 5.45. The van der Waals surface area contributed by atoms with E-state index in [0.29, 0.717) is 12.4 Å². The molecule has 2 heterocycles. The van der Waals surface area contributed by atoms with Crippen molar-refractivity contribution in [3.63, 3.8) is 0 Å². The molecule has 1 unspecified atom stereocenters. The zero-order valence-corrected chi connectivity index (χ0v) is 11.9. The molecule has 0 amide bonds. The molecular formula is C15H18N4O2. The van der Waals surface area contributed by atoms with Gasteiger partial charge in [-0.15, -0.1) is 0 Å². The summed E-state index contributed by atoms with van der Waals surface area (Å²) in [5.41, 5.74) is 2.35. The van der Waals surface area contributed by atoms with Crippen LogP contribution < -0.4 is 5.32 Å². The fourth-order valence-electron chi connectivity index (χ4n) is 2.74. The SMILES string of the molecule is CC(Cn1ccnc1)Nc1nc2c(cc1C(=O)O)CCC2. The maximum Gasteiger partial charge on any atom is 0.339 e. The molecule has 0 saturated carbocycles. The Labute approximate surface area is 122 Å². The Morgan fingerprint density at radius 2 is 2.38 bits per heavy atom. The fourth-order valence-corrected chi connectivity index (χ4v) is 2.74. The molecule has 0 aliphatic heterocycles. The van der Waals surface area contributed by atoms with Gasteiger partial charge in [-0.05, 0) is 37.8 Å². The molecular weight excluding hydrogens is 268 g/mol. The van der Waals surface area contributed by atoms with Crippen LogP contribution in [0.4, 0.5) is 5.82 Å². The van der Waals surface area contributed by atoms with Gasteiger partial charge in [0.2, 0.25) is 0 Å². The molecule has 3 rings (SSSR count). The van der Waals surface area contributed by atoms with E-state index in [9.17, 15) is 9.90 Å². The fraction of sp³-hybridized carbons (Fsp3) is 0.400. The van der Waals surface area contributed by atoms with Gasteiger partial charge in [0.25, 0.3) is 0 Å². The topological polar surface area (TPSA) is 80.0 Å². The zero-order valence-electron chi connectivity index (χ0n) is 11.9. The van der Waals surface area contributed by atoms with Gasteiger partial charge in [0.1, 0.15) is 11.4 Å². The Morgan fingerprint density at radius 1 is 1.52 bits per heavy atom. The molecule has 1 aliphatic rings. The first kappa shape index (κ1) is 13.6. The minimum Gasteiger partial charge on any atom is -0.478 e. The molecule has 0 bridgehead atoms. The standard InChI is InChI=1S/C15H18N4O2/c1-10(8-19-6-5-16-9-19)17-14-12(15(20)21)7-11-3-2-4-13(11)18-14/h5-7,9-10H,2-4,8H2,1H3,(H,17,18)(H,20,21). The summed E-state index contributed by atoms with van der Waals surface area (Å²) in [6, 6.07) is 1.83. The predicted molar refractivity (Wildman–Crippen MR) is 78.5 cm³/mol. The van der Waals surface area contributed by atoms with Crippen molar-refractivity contribution < 1.29 is 9.90 Å². The van der Waals surface area contributed by atoms with Gasteiger partial charge in [-0.1, -0.05) is 0 Å². The smallest absolute Gasteiger partial charge is 0.339 e. The number of carbonyl (C=O) groups is 1. The number of aromatic nitrogens is 3. The summed E-state index contributed by atoms with van der Waals surface area (Å²) in [5, 5.41) is 12.6. The molecule has 6 nitrogen and oxygen atoms in total. The summed E-state index contributed by atoms with van der Waals surface area (Å²) in [4.78, 5) is 20.0. The summed E-state index contributed by atoms with van der Waals surface area (Å²) in [5.74, 6) is -0.467. The first-order chi connectivity index (χ1) is 10.1. The average Bonchev–Trinajstić information content (AvgIpc) is 3.07. The monoisotopic (exact) mass is 286 g/mol. The number of imidazole rings is 1. The molecule has 0 spiro atoms. The number of pyridine rings is 1. The van der Waals surface area contributed by atoms with Crippen molar-refractivity contribution in [3.8, 4) is 0 Å². The largest absolute Gasteiger partial charge is 0.478 e. The van der Waals surface area contributed by atoms with Gasteiger partial charge in [-0.25, -0.2) is 14.8 Å². The van der Waals surface area contributed by atoms with Crippen molar-refractivity contribution in [2.24, 2.45) is 0 Å². The predicted octanol–water partition coefficient (Wildman–Crippen LogP) is 1.97. The third-order valence-corrected chi connectivity index (χ3v) is 3.71. The third kappa shape index (κ3) is 2.89. The minimum absolute atomic E-state index is 0.0595. The second kappa shape index (κ2) is 5.55. The van der Waals surface area contributed by atoms with E-state index >= 15 is 0 Å². The lowest BCUT2D eigenvalue weighted by atomic mass is 10.1. The van der Waals surface area contributed by atoms with Gasteiger partial charge in [-0.2, -0.15) is 0 Å². The molecule has 0 aromatic carbocycles. The van der Waals surface area contributed by atoms with E-state index in [2.05, 4.69) is 15.3 Å². The number of carboxylic acid groups (broad SMARTS) is 1. The van der Waals surface area contributed by atoms with Crippen molar-refractivity contribution in [2.75, 3.05) is 5.32 Å². The van der Waals surface area contributed by atoms with Crippen molar-refractivity contribution in [2.45, 2.75) is 38.8 Å². The number of hydrogen-bond acceptors (Lipinski definition) is 4. The molecule has 6 heteroatoms. The lowest BCUT2D eigenvalue weighted by molar-refractivity contribution is 0.0697. The summed E-state index contributed by atoms with van der Waals surface area (Å²) in [6.07, 6.45) is 8.25. The minimum atomic E-state index is -0.936. The normalized spacial score (nSPS) is 14.7. The Morgan fingerprint density at radius 3 is 3.10 bits per heavy atom. The van der Waals surface area contributed by atoms with E-state index in [1.807, 2.05) is 17.7 Å². The highest BCUT2D eigenvalue weighted by atomic mass is 16.4. The molecule has 0 saturated heterocycles. The van der Waals surface area contributed by atoms with E-state index in [0.717, 1.165) is 30.5 Å². The number of nitrogens with zero attached hydrogens (tertiary/aromatic N) is 3. The lowest BCUT2D eigenvalue weighted by Crippen LogP contribution is -2.23. The van der Waals surface area contributed by atoms with Gasteiger partial charge < -0.3 is 15.0 Å². The molecule has 2 aromatic heterocycles. The van der Waals surface area contributed by atoms with Crippen LogP contribution in [0.2, 0.25) is 0 Å². The molecule has 110 valence electrons. The quantitative estimate of drug-likeness (QED) is 0.878. The van der Waals surface area contributed by atoms with E-state index in [4.69, 9.17) is 0 Å². The maximum absolute atomic E-state index is 11.4. The summed E-state index contributed by atoms with van der Waals surface area (Å²) < 4.78 is 1.95. The number of aryl methyl sites for hydroxylation is 2. The molecule has 0 radical (unpaired) electrons. The van der Waals surface area contributed by atoms with E-state index < -0.39 is 5.97 Å². The van der Waals surface area contributed by atoms with Gasteiger partial charge in [-0.3, -0.25) is 0 Å². The van der Waals surface area contributed by atoms with Crippen LogP contribution in [0.3, 0.4) is 0 Å². The Hall–Kier alpha value is -2.37. The molecule has 21 heavy (non-hydrogen) atoms. The summed E-state index contributed by atoms with van der Waals surface area (Å²) in [7, 11) is 0. The van der Waals surface area contributed by atoms with E-state index in [1.165, 1.54) is 0 Å². The highest BCUT2D eigenvalue weighted by molar-refractivity contribution is 5.93. The Bertz CT molecular complexity index is 652. The van der Waals surface area contributed by atoms with Crippen LogP contribution in [0.1, 0.15) is 35.0 Å². The highest BCUT2D eigenvalue weighted by Crippen LogP contribution is 2.25. The lowest BCUT2D eigenvalue weighted by Gasteiger charge is -2.17. The van der Waals surface area contributed by atoms with Crippen LogP contribution in [0.25, 0.3) is 0 Å². The molecule has 0 fully saturated rings. The molecule has 2 aromatic rings. The van der Waals surface area contributed by atoms with Crippen molar-refractivity contribution >= 4 is 11.8 Å². The number of carboxylic acids is 1. The van der Waals surface area contributed by atoms with Crippen LogP contribution in [-0.4, -0.2) is 31.7 Å². The third-order valence-electron chi connectivity index (χ3n) is 3.71. The van der Waals surface area contributed by atoms with Crippen LogP contribution in [0.15, 0.2) is 24.8 Å². The van der Waals surface area contributed by atoms with Gasteiger partial charge in [0.15, 0.2) is 0 Å². The van der Waals surface area contributed by atoms with Crippen LogP contribution >= 0.6 is 0 Å². The number of rotatable bonds is 5. The molecule has 1 atom stereocenters. The number of nitrogens with one attached hydrogen (secondary N) is 1. The van der Waals surface area contributed by atoms with Crippen molar-refractivity contribution in [1.82, 2.24) is 14.5 Å². The number of hydrogen-bond donors (Lipinski definition) is 2. The first-order valence-electron chi connectivity index (χ1n) is 7.12. The first-order valence-corrected chi connectivity index (χ1v) is 7.12. The highest BCUT2D eigenvalue weighted by Gasteiger charge is 2.20. The van der Waals surface area contributed by atoms with Gasteiger partial charge in [0.05, 0.1) is 6.33 Å². The van der Waals surface area contributed by atoms with Crippen molar-refractivity contribution in [1.29, 1.82) is 0 Å². The van der Waals surface area contributed by atoms with E-state index in [1.54, 1.807) is 18.6 Å². The van der Waals surface area contributed by atoms with Crippen LogP contribution in [-0.2, 0) is 19.4 Å². The summed E-state index contributed by atoms with van der Waals surface area (Å²) in [6.45, 7) is 2.71. The zero-order chi connectivity index (χ0) is 14.8. The molecule has 1 aliphatic carbocycles. The Balaban J connectivity index is 1.82. The summed E-state index contributed by atoms with van der Waals surface area (Å²) >= 11 is 0. The maximum atomic E-state index is 11.4. The average molecular weight is 286 g/mol.